The van der Waals surface area contributed by atoms with Crippen molar-refractivity contribution < 1.29 is 23.3 Å². The zero-order valence-electron chi connectivity index (χ0n) is 19.8. The predicted molar refractivity (Wildman–Crippen MR) is 130 cm³/mol. The zero-order valence-corrected chi connectivity index (χ0v) is 20.6. The second-order valence-corrected chi connectivity index (χ2v) is 10.8. The van der Waals surface area contributed by atoms with E-state index in [1.54, 1.807) is 45.0 Å². The van der Waals surface area contributed by atoms with Crippen molar-refractivity contribution in [2.24, 2.45) is 4.36 Å². The van der Waals surface area contributed by atoms with Crippen LogP contribution in [0.5, 0.6) is 0 Å². The minimum atomic E-state index is -3.06. The van der Waals surface area contributed by atoms with E-state index in [4.69, 9.17) is 9.47 Å². The van der Waals surface area contributed by atoms with Crippen LogP contribution in [0.4, 0.5) is 4.79 Å². The van der Waals surface area contributed by atoms with E-state index in [0.717, 1.165) is 11.1 Å². The fourth-order valence-electron chi connectivity index (χ4n) is 2.94. The van der Waals surface area contributed by atoms with E-state index in [1.807, 2.05) is 37.3 Å². The highest BCUT2D eigenvalue weighted by Gasteiger charge is 2.26. The van der Waals surface area contributed by atoms with Gasteiger partial charge in [0.25, 0.3) is 5.91 Å². The van der Waals surface area contributed by atoms with Crippen molar-refractivity contribution in [3.63, 3.8) is 0 Å². The summed E-state index contributed by atoms with van der Waals surface area (Å²) < 4.78 is 28.0. The second-order valence-electron chi connectivity index (χ2n) is 8.50. The van der Waals surface area contributed by atoms with Gasteiger partial charge in [-0.25, -0.2) is 9.00 Å². The number of alkyl carbamates (subject to hydrolysis) is 1. The number of ether oxygens (including phenoxy) is 2. The maximum Gasteiger partial charge on any atom is 0.408 e. The number of carbonyl (C=O) groups excluding carboxylic acids is 2. The molecular formula is C25H32N2O5S. The molecule has 8 heteroatoms. The molecule has 33 heavy (non-hydrogen) atoms. The third-order valence-electron chi connectivity index (χ3n) is 4.47. The van der Waals surface area contributed by atoms with Gasteiger partial charge in [0, 0.05) is 23.1 Å². The number of nitrogens with one attached hydrogen (secondary N) is 1. The SMILES string of the molecule is C=C(OCC)c1ccc(S(C)(=O)=NC(=O)[C@H](Cc2ccccc2)NC(=O)OC(C)(C)C)cc1. The van der Waals surface area contributed by atoms with Crippen LogP contribution in [-0.4, -0.2) is 40.7 Å². The zero-order chi connectivity index (χ0) is 24.6. The molecule has 2 aromatic carbocycles. The molecule has 0 aliphatic rings. The van der Waals surface area contributed by atoms with Crippen molar-refractivity contribution in [3.05, 3.63) is 72.3 Å². The van der Waals surface area contributed by atoms with E-state index in [2.05, 4.69) is 16.3 Å². The molecule has 7 nitrogen and oxygen atoms in total. The normalized spacial score (nSPS) is 13.8. The Kier molecular flexibility index (Phi) is 8.82. The first-order valence-electron chi connectivity index (χ1n) is 10.6. The van der Waals surface area contributed by atoms with Crippen molar-refractivity contribution in [1.29, 1.82) is 0 Å². The van der Waals surface area contributed by atoms with Gasteiger partial charge >= 0.3 is 6.09 Å². The highest BCUT2D eigenvalue weighted by molar-refractivity contribution is 7.93. The maximum atomic E-state index is 13.3. The Balaban J connectivity index is 2.30. The quantitative estimate of drug-likeness (QED) is 0.556. The monoisotopic (exact) mass is 472 g/mol. The summed E-state index contributed by atoms with van der Waals surface area (Å²) in [6, 6.07) is 14.9. The van der Waals surface area contributed by atoms with Gasteiger partial charge in [-0.05, 0) is 45.4 Å². The molecule has 178 valence electrons. The molecule has 0 spiro atoms. The molecule has 0 aromatic heterocycles. The average molecular weight is 473 g/mol. The van der Waals surface area contributed by atoms with Gasteiger partial charge in [-0.15, -0.1) is 0 Å². The predicted octanol–water partition coefficient (Wildman–Crippen LogP) is 4.81. The molecule has 2 aromatic rings. The number of amides is 2. The third-order valence-corrected chi connectivity index (χ3v) is 6.14. The van der Waals surface area contributed by atoms with Crippen molar-refractivity contribution in [2.75, 3.05) is 12.9 Å². The van der Waals surface area contributed by atoms with Crippen molar-refractivity contribution in [2.45, 2.75) is 50.7 Å². The Hall–Kier alpha value is -3.13. The number of nitrogens with zero attached hydrogens (tertiary/aromatic N) is 1. The lowest BCUT2D eigenvalue weighted by molar-refractivity contribution is -0.119. The van der Waals surface area contributed by atoms with E-state index < -0.39 is 33.4 Å². The Morgan fingerprint density at radius 1 is 1.09 bits per heavy atom. The van der Waals surface area contributed by atoms with Crippen LogP contribution in [-0.2, 0) is 30.4 Å². The van der Waals surface area contributed by atoms with Gasteiger partial charge in [0.1, 0.15) is 17.4 Å². The number of rotatable bonds is 8. The van der Waals surface area contributed by atoms with Crippen LogP contribution in [0.25, 0.3) is 5.76 Å². The lowest BCUT2D eigenvalue weighted by Crippen LogP contribution is -2.44. The van der Waals surface area contributed by atoms with Crippen LogP contribution in [0.15, 0.2) is 70.4 Å². The smallest absolute Gasteiger partial charge is 0.408 e. The van der Waals surface area contributed by atoms with E-state index >= 15 is 0 Å². The first-order valence-corrected chi connectivity index (χ1v) is 12.5. The van der Waals surface area contributed by atoms with Crippen LogP contribution in [0.2, 0.25) is 0 Å². The van der Waals surface area contributed by atoms with Crippen LogP contribution >= 0.6 is 0 Å². The molecule has 0 radical (unpaired) electrons. The van der Waals surface area contributed by atoms with Crippen LogP contribution in [0, 0.1) is 0 Å². The molecule has 2 amide bonds. The number of hydrogen-bond donors (Lipinski definition) is 1. The van der Waals surface area contributed by atoms with Crippen LogP contribution in [0.3, 0.4) is 0 Å². The molecule has 1 N–H and O–H groups in total. The highest BCUT2D eigenvalue weighted by Crippen LogP contribution is 2.19. The van der Waals surface area contributed by atoms with Crippen LogP contribution < -0.4 is 5.32 Å². The fourth-order valence-corrected chi connectivity index (χ4v) is 4.16. The number of benzene rings is 2. The summed E-state index contributed by atoms with van der Waals surface area (Å²) in [7, 11) is -3.06. The van der Waals surface area contributed by atoms with Gasteiger partial charge in [0.15, 0.2) is 0 Å². The summed E-state index contributed by atoms with van der Waals surface area (Å²) in [4.78, 5) is 25.8. The van der Waals surface area contributed by atoms with Gasteiger partial charge in [0.05, 0.1) is 16.3 Å². The van der Waals surface area contributed by atoms with E-state index in [9.17, 15) is 13.8 Å². The minimum absolute atomic E-state index is 0.186. The fraction of sp³-hybridized carbons (Fsp3) is 0.360. The molecule has 0 saturated heterocycles. The van der Waals surface area contributed by atoms with Crippen molar-refractivity contribution >= 4 is 27.5 Å². The maximum absolute atomic E-state index is 13.3. The molecule has 0 aliphatic heterocycles. The van der Waals surface area contributed by atoms with E-state index in [0.29, 0.717) is 17.3 Å². The molecule has 0 bridgehead atoms. The molecular weight excluding hydrogens is 440 g/mol. The summed E-state index contributed by atoms with van der Waals surface area (Å²) in [5.41, 5.74) is 0.840. The van der Waals surface area contributed by atoms with E-state index in [1.165, 1.54) is 6.26 Å². The third kappa shape index (κ3) is 8.38. The summed E-state index contributed by atoms with van der Waals surface area (Å²) >= 11 is 0. The Labute approximate surface area is 196 Å². The van der Waals surface area contributed by atoms with Gasteiger partial charge < -0.3 is 14.8 Å². The molecule has 2 atom stereocenters. The Morgan fingerprint density at radius 3 is 2.24 bits per heavy atom. The summed E-state index contributed by atoms with van der Waals surface area (Å²) in [5, 5.41) is 2.58. The Bertz CT molecular complexity index is 1100. The molecule has 2 rings (SSSR count). The van der Waals surface area contributed by atoms with Gasteiger partial charge in [-0.2, -0.15) is 4.36 Å². The number of hydrogen-bond acceptors (Lipinski definition) is 5. The van der Waals surface area contributed by atoms with Gasteiger partial charge in [0.2, 0.25) is 0 Å². The highest BCUT2D eigenvalue weighted by atomic mass is 32.2. The summed E-state index contributed by atoms with van der Waals surface area (Å²) in [6.07, 6.45) is 0.837. The molecule has 0 aliphatic carbocycles. The van der Waals surface area contributed by atoms with E-state index in [-0.39, 0.29) is 6.42 Å². The Morgan fingerprint density at radius 2 is 1.70 bits per heavy atom. The van der Waals surface area contributed by atoms with Crippen molar-refractivity contribution in [1.82, 2.24) is 5.32 Å². The second kappa shape index (κ2) is 11.1. The lowest BCUT2D eigenvalue weighted by atomic mass is 10.1. The molecule has 0 heterocycles. The first kappa shape index (κ1) is 26.1. The minimum Gasteiger partial charge on any atom is -0.494 e. The molecule has 0 saturated carbocycles. The standard InChI is InChI=1S/C25H32N2O5S/c1-7-31-18(2)20-13-15-21(16-14-20)33(6,30)27-23(28)22(17-19-11-9-8-10-12-19)26-24(29)32-25(3,4)5/h8-16,22H,2,7,17H2,1,3-6H3,(H,26,29)/t22-,33?/m0/s1. The van der Waals surface area contributed by atoms with Gasteiger partial charge in [-0.1, -0.05) is 49.0 Å². The van der Waals surface area contributed by atoms with Crippen molar-refractivity contribution in [3.8, 4) is 0 Å². The average Bonchev–Trinajstić information content (AvgIpc) is 2.72. The van der Waals surface area contributed by atoms with Gasteiger partial charge in [-0.3, -0.25) is 4.79 Å². The summed E-state index contributed by atoms with van der Waals surface area (Å²) in [5.74, 6) is -0.191. The molecule has 0 fully saturated rings. The molecule has 1 unspecified atom stereocenters. The largest absolute Gasteiger partial charge is 0.494 e. The summed E-state index contributed by atoms with van der Waals surface area (Å²) in [6.45, 7) is 11.4. The lowest BCUT2D eigenvalue weighted by Gasteiger charge is -2.22. The topological polar surface area (TPSA) is 94.1 Å². The first-order chi connectivity index (χ1) is 15.4. The van der Waals surface area contributed by atoms with Crippen LogP contribution in [0.1, 0.15) is 38.8 Å². The number of carbonyl (C=O) groups is 2.